The Morgan fingerprint density at radius 2 is 1.55 bits per heavy atom. The van der Waals surface area contributed by atoms with Gasteiger partial charge in [-0.25, -0.2) is 0 Å². The molecule has 22 heavy (non-hydrogen) atoms. The van der Waals surface area contributed by atoms with Crippen molar-refractivity contribution in [1.29, 1.82) is 0 Å². The zero-order chi connectivity index (χ0) is 17.4. The molecule has 3 heteroatoms. The van der Waals surface area contributed by atoms with Crippen LogP contribution in [-0.4, -0.2) is 24.7 Å². The Morgan fingerprint density at radius 3 is 2.05 bits per heavy atom. The number of rotatable bonds is 10. The number of hydrogen-bond donors (Lipinski definition) is 1. The summed E-state index contributed by atoms with van der Waals surface area (Å²) in [5.74, 6) is 0.134. The Labute approximate surface area is 138 Å². The molecule has 0 saturated heterocycles. The number of amides is 1. The standard InChI is InChI=1S/C19H39NO2/c1-9-18(5,6)13-15-22-19(7,8)11-10-16(21)20-14-12-17(2,3)4/h9-15H2,1-8H3,(H,20,21). The van der Waals surface area contributed by atoms with Gasteiger partial charge in [-0.3, -0.25) is 4.79 Å². The molecule has 0 saturated carbocycles. The summed E-state index contributed by atoms with van der Waals surface area (Å²) >= 11 is 0. The van der Waals surface area contributed by atoms with Crippen molar-refractivity contribution in [1.82, 2.24) is 5.32 Å². The van der Waals surface area contributed by atoms with Gasteiger partial charge >= 0.3 is 0 Å². The first-order chi connectivity index (χ1) is 9.87. The molecule has 0 bridgehead atoms. The number of carbonyl (C=O) groups is 1. The van der Waals surface area contributed by atoms with Crippen LogP contribution in [0.4, 0.5) is 0 Å². The third kappa shape index (κ3) is 12.0. The van der Waals surface area contributed by atoms with Gasteiger partial charge in [0.15, 0.2) is 0 Å². The fraction of sp³-hybridized carbons (Fsp3) is 0.947. The normalized spacial score (nSPS) is 13.3. The highest BCUT2D eigenvalue weighted by Gasteiger charge is 2.22. The lowest BCUT2D eigenvalue weighted by Crippen LogP contribution is -2.31. The minimum atomic E-state index is -0.231. The Hall–Kier alpha value is -0.570. The molecule has 132 valence electrons. The van der Waals surface area contributed by atoms with Gasteiger partial charge in [0.1, 0.15) is 0 Å². The summed E-state index contributed by atoms with van der Waals surface area (Å²) < 4.78 is 6.00. The predicted molar refractivity (Wildman–Crippen MR) is 95.0 cm³/mol. The van der Waals surface area contributed by atoms with Gasteiger partial charge in [0.05, 0.1) is 5.60 Å². The fourth-order valence-electron chi connectivity index (χ4n) is 1.93. The highest BCUT2D eigenvalue weighted by atomic mass is 16.5. The van der Waals surface area contributed by atoms with Gasteiger partial charge in [0, 0.05) is 19.6 Å². The first-order valence-electron chi connectivity index (χ1n) is 8.78. The van der Waals surface area contributed by atoms with E-state index in [2.05, 4.69) is 60.7 Å². The van der Waals surface area contributed by atoms with Gasteiger partial charge < -0.3 is 10.1 Å². The Bertz CT molecular complexity index is 327. The van der Waals surface area contributed by atoms with Crippen molar-refractivity contribution in [3.8, 4) is 0 Å². The second-order valence-electron chi connectivity index (χ2n) is 9.04. The number of ether oxygens (including phenoxy) is 1. The molecule has 0 aromatic rings. The molecule has 0 aromatic heterocycles. The lowest BCUT2D eigenvalue weighted by molar-refractivity contribution is -0.123. The summed E-state index contributed by atoms with van der Waals surface area (Å²) in [5, 5.41) is 3.01. The first kappa shape index (κ1) is 21.4. The molecule has 0 spiro atoms. The third-order valence-electron chi connectivity index (χ3n) is 4.38. The summed E-state index contributed by atoms with van der Waals surface area (Å²) in [5.41, 5.74) is 0.368. The highest BCUT2D eigenvalue weighted by molar-refractivity contribution is 5.75. The molecule has 0 aliphatic carbocycles. The van der Waals surface area contributed by atoms with E-state index in [-0.39, 0.29) is 16.9 Å². The monoisotopic (exact) mass is 313 g/mol. The van der Waals surface area contributed by atoms with Crippen LogP contribution < -0.4 is 5.32 Å². The quantitative estimate of drug-likeness (QED) is 0.620. The maximum absolute atomic E-state index is 11.9. The number of nitrogens with one attached hydrogen (secondary N) is 1. The minimum Gasteiger partial charge on any atom is -0.376 e. The molecule has 3 nitrogen and oxygen atoms in total. The van der Waals surface area contributed by atoms with Crippen molar-refractivity contribution in [3.05, 3.63) is 0 Å². The van der Waals surface area contributed by atoms with Gasteiger partial charge in [0.2, 0.25) is 5.91 Å². The van der Waals surface area contributed by atoms with E-state index < -0.39 is 0 Å². The van der Waals surface area contributed by atoms with E-state index in [1.54, 1.807) is 0 Å². The van der Waals surface area contributed by atoms with Crippen molar-refractivity contribution in [3.63, 3.8) is 0 Å². The molecule has 0 aliphatic rings. The van der Waals surface area contributed by atoms with E-state index in [0.29, 0.717) is 11.8 Å². The third-order valence-corrected chi connectivity index (χ3v) is 4.38. The second-order valence-corrected chi connectivity index (χ2v) is 9.04. The molecule has 0 fully saturated rings. The fourth-order valence-corrected chi connectivity index (χ4v) is 1.93. The molecule has 0 rings (SSSR count). The minimum absolute atomic E-state index is 0.134. The predicted octanol–water partition coefficient (Wildman–Crippen LogP) is 4.94. The maximum Gasteiger partial charge on any atom is 0.220 e. The van der Waals surface area contributed by atoms with Gasteiger partial charge in [-0.2, -0.15) is 0 Å². The van der Waals surface area contributed by atoms with Gasteiger partial charge in [-0.05, 0) is 43.9 Å². The zero-order valence-corrected chi connectivity index (χ0v) is 16.3. The zero-order valence-electron chi connectivity index (χ0n) is 16.3. The van der Waals surface area contributed by atoms with E-state index >= 15 is 0 Å². The molecule has 0 atom stereocenters. The van der Waals surface area contributed by atoms with Gasteiger partial charge in [0.25, 0.3) is 0 Å². The summed E-state index contributed by atoms with van der Waals surface area (Å²) in [7, 11) is 0. The first-order valence-corrected chi connectivity index (χ1v) is 8.78. The van der Waals surface area contributed by atoms with E-state index in [9.17, 15) is 4.79 Å². The van der Waals surface area contributed by atoms with Crippen LogP contribution in [0.3, 0.4) is 0 Å². The van der Waals surface area contributed by atoms with Crippen molar-refractivity contribution < 1.29 is 9.53 Å². The van der Waals surface area contributed by atoms with Crippen LogP contribution >= 0.6 is 0 Å². The Morgan fingerprint density at radius 1 is 0.955 bits per heavy atom. The van der Waals surface area contributed by atoms with E-state index in [1.165, 1.54) is 0 Å². The van der Waals surface area contributed by atoms with E-state index in [1.807, 2.05) is 0 Å². The lowest BCUT2D eigenvalue weighted by atomic mass is 9.87. The van der Waals surface area contributed by atoms with Gasteiger partial charge in [-0.1, -0.05) is 48.0 Å². The average Bonchev–Trinajstić information content (AvgIpc) is 2.34. The molecule has 0 radical (unpaired) electrons. The molecule has 0 unspecified atom stereocenters. The topological polar surface area (TPSA) is 38.3 Å². The smallest absolute Gasteiger partial charge is 0.220 e. The SMILES string of the molecule is CCC(C)(C)CCOC(C)(C)CCC(=O)NCCC(C)(C)C. The van der Waals surface area contributed by atoms with E-state index in [0.717, 1.165) is 38.8 Å². The van der Waals surface area contributed by atoms with E-state index in [4.69, 9.17) is 4.74 Å². The molecule has 0 heterocycles. The molecular formula is C19H39NO2. The van der Waals surface area contributed by atoms with Crippen LogP contribution in [0, 0.1) is 10.8 Å². The summed E-state index contributed by atoms with van der Waals surface area (Å²) in [6, 6.07) is 0. The van der Waals surface area contributed by atoms with Crippen LogP contribution in [0.1, 0.15) is 87.5 Å². The van der Waals surface area contributed by atoms with Gasteiger partial charge in [-0.15, -0.1) is 0 Å². The molecule has 1 amide bonds. The van der Waals surface area contributed by atoms with Crippen molar-refractivity contribution in [2.24, 2.45) is 10.8 Å². The number of carbonyl (C=O) groups excluding carboxylic acids is 1. The second kappa shape index (κ2) is 8.90. The molecular weight excluding hydrogens is 274 g/mol. The van der Waals surface area contributed by atoms with Crippen LogP contribution in [0.25, 0.3) is 0 Å². The lowest BCUT2D eigenvalue weighted by Gasteiger charge is -2.29. The largest absolute Gasteiger partial charge is 0.376 e. The van der Waals surface area contributed by atoms with Crippen molar-refractivity contribution in [2.45, 2.75) is 93.1 Å². The van der Waals surface area contributed by atoms with Crippen molar-refractivity contribution >= 4 is 5.91 Å². The van der Waals surface area contributed by atoms with Crippen LogP contribution in [0.5, 0.6) is 0 Å². The molecule has 1 N–H and O–H groups in total. The van der Waals surface area contributed by atoms with Crippen LogP contribution in [0.2, 0.25) is 0 Å². The maximum atomic E-state index is 11.9. The Kier molecular flexibility index (Phi) is 8.67. The average molecular weight is 314 g/mol. The van der Waals surface area contributed by atoms with Crippen LogP contribution in [-0.2, 0) is 9.53 Å². The summed E-state index contributed by atoms with van der Waals surface area (Å²) in [6.45, 7) is 19.0. The summed E-state index contributed by atoms with van der Waals surface area (Å²) in [6.07, 6.45) is 4.53. The highest BCUT2D eigenvalue weighted by Crippen LogP contribution is 2.26. The van der Waals surface area contributed by atoms with Crippen molar-refractivity contribution in [2.75, 3.05) is 13.2 Å². The Balaban J connectivity index is 3.94. The number of hydrogen-bond acceptors (Lipinski definition) is 2. The molecule has 0 aromatic carbocycles. The van der Waals surface area contributed by atoms with Crippen LogP contribution in [0.15, 0.2) is 0 Å². The summed E-state index contributed by atoms with van der Waals surface area (Å²) in [4.78, 5) is 11.9. The molecule has 0 aliphatic heterocycles.